The molecule has 0 fully saturated rings. The molecule has 1 amide bonds. The fourth-order valence-corrected chi connectivity index (χ4v) is 2.93. The first-order valence-corrected chi connectivity index (χ1v) is 7.85. The van der Waals surface area contributed by atoms with Crippen molar-refractivity contribution < 1.29 is 4.79 Å². The molecule has 0 atom stereocenters. The van der Waals surface area contributed by atoms with Gasteiger partial charge in [0.2, 0.25) is 0 Å². The number of anilines is 1. The Balaban J connectivity index is 1.62. The number of carbonyl (C=O) groups excluding carboxylic acids is 1. The van der Waals surface area contributed by atoms with Gasteiger partial charge in [-0.25, -0.2) is 4.68 Å². The lowest BCUT2D eigenvalue weighted by Gasteiger charge is -2.06. The number of benzene rings is 2. The average Bonchev–Trinajstić information content (AvgIpc) is 3.24. The standard InChI is InChI=1S/C18H16N6O/c1-11-6-12(2)15-9-17(21-16(15)7-11)18(25)20-13-4-3-5-14(8-13)24-10-19-22-23-24/h3-10,21H,1-2H3,(H,20,25). The Morgan fingerprint density at radius 2 is 2.04 bits per heavy atom. The summed E-state index contributed by atoms with van der Waals surface area (Å²) in [5.74, 6) is -0.192. The van der Waals surface area contributed by atoms with Gasteiger partial charge in [-0.05, 0) is 65.7 Å². The maximum Gasteiger partial charge on any atom is 0.272 e. The molecule has 0 aliphatic heterocycles. The summed E-state index contributed by atoms with van der Waals surface area (Å²) in [5, 5.41) is 15.0. The lowest BCUT2D eigenvalue weighted by molar-refractivity contribution is 0.102. The van der Waals surface area contributed by atoms with Crippen LogP contribution in [0.2, 0.25) is 0 Å². The second kappa shape index (κ2) is 5.86. The number of aryl methyl sites for hydroxylation is 2. The van der Waals surface area contributed by atoms with Crippen LogP contribution in [0.1, 0.15) is 21.6 Å². The predicted molar refractivity (Wildman–Crippen MR) is 94.9 cm³/mol. The summed E-state index contributed by atoms with van der Waals surface area (Å²) in [6.45, 7) is 4.08. The number of tetrazole rings is 1. The van der Waals surface area contributed by atoms with Crippen LogP contribution in [-0.4, -0.2) is 31.1 Å². The zero-order valence-electron chi connectivity index (χ0n) is 13.8. The zero-order valence-corrected chi connectivity index (χ0v) is 13.8. The van der Waals surface area contributed by atoms with Gasteiger partial charge in [0.1, 0.15) is 12.0 Å². The first-order valence-electron chi connectivity index (χ1n) is 7.85. The molecule has 2 aromatic carbocycles. The largest absolute Gasteiger partial charge is 0.351 e. The van der Waals surface area contributed by atoms with Crippen LogP contribution >= 0.6 is 0 Å². The lowest BCUT2D eigenvalue weighted by atomic mass is 10.1. The predicted octanol–water partition coefficient (Wildman–Crippen LogP) is 3.01. The fourth-order valence-electron chi connectivity index (χ4n) is 2.93. The van der Waals surface area contributed by atoms with Gasteiger partial charge in [0, 0.05) is 16.6 Å². The molecule has 124 valence electrons. The van der Waals surface area contributed by atoms with Gasteiger partial charge in [-0.1, -0.05) is 12.1 Å². The van der Waals surface area contributed by atoms with Crippen LogP contribution in [0.25, 0.3) is 16.6 Å². The molecule has 7 nitrogen and oxygen atoms in total. The normalized spacial score (nSPS) is 11.0. The van der Waals surface area contributed by atoms with Crippen LogP contribution in [0, 0.1) is 13.8 Å². The molecular weight excluding hydrogens is 316 g/mol. The number of carbonyl (C=O) groups is 1. The summed E-state index contributed by atoms with van der Waals surface area (Å²) in [6.07, 6.45) is 1.50. The maximum atomic E-state index is 12.6. The minimum atomic E-state index is -0.192. The highest BCUT2D eigenvalue weighted by Crippen LogP contribution is 2.22. The Bertz CT molecular complexity index is 1060. The number of aromatic amines is 1. The Kier molecular flexibility index (Phi) is 3.53. The van der Waals surface area contributed by atoms with Crippen LogP contribution in [0.3, 0.4) is 0 Å². The topological polar surface area (TPSA) is 88.5 Å². The van der Waals surface area contributed by atoms with Crippen LogP contribution < -0.4 is 5.32 Å². The van der Waals surface area contributed by atoms with Crippen LogP contribution in [0.5, 0.6) is 0 Å². The molecule has 0 radical (unpaired) electrons. The van der Waals surface area contributed by atoms with E-state index in [0.717, 1.165) is 27.7 Å². The number of hydrogen-bond donors (Lipinski definition) is 2. The molecule has 0 saturated heterocycles. The van der Waals surface area contributed by atoms with Gasteiger partial charge in [0.05, 0.1) is 5.69 Å². The van der Waals surface area contributed by atoms with Crippen molar-refractivity contribution in [2.24, 2.45) is 0 Å². The molecule has 4 rings (SSSR count). The number of rotatable bonds is 3. The van der Waals surface area contributed by atoms with E-state index in [-0.39, 0.29) is 5.91 Å². The van der Waals surface area contributed by atoms with Gasteiger partial charge in [-0.3, -0.25) is 4.79 Å². The number of nitrogens with zero attached hydrogens (tertiary/aromatic N) is 4. The monoisotopic (exact) mass is 332 g/mol. The molecule has 4 aromatic rings. The molecule has 0 unspecified atom stereocenters. The Morgan fingerprint density at radius 1 is 1.16 bits per heavy atom. The SMILES string of the molecule is Cc1cc(C)c2cc(C(=O)Nc3cccc(-n4cnnn4)c3)[nH]c2c1. The van der Waals surface area contributed by atoms with Crippen molar-refractivity contribution >= 4 is 22.5 Å². The van der Waals surface area contributed by atoms with E-state index in [1.165, 1.54) is 11.0 Å². The second-order valence-corrected chi connectivity index (χ2v) is 5.98. The molecule has 2 N–H and O–H groups in total. The van der Waals surface area contributed by atoms with Crippen molar-refractivity contribution in [1.29, 1.82) is 0 Å². The molecule has 2 heterocycles. The van der Waals surface area contributed by atoms with E-state index in [2.05, 4.69) is 31.9 Å². The van der Waals surface area contributed by atoms with E-state index < -0.39 is 0 Å². The van der Waals surface area contributed by atoms with Gasteiger partial charge in [-0.2, -0.15) is 0 Å². The third kappa shape index (κ3) is 2.87. The van der Waals surface area contributed by atoms with E-state index in [4.69, 9.17) is 0 Å². The van der Waals surface area contributed by atoms with Gasteiger partial charge in [-0.15, -0.1) is 5.10 Å². The highest BCUT2D eigenvalue weighted by molar-refractivity contribution is 6.06. The molecule has 25 heavy (non-hydrogen) atoms. The summed E-state index contributed by atoms with van der Waals surface area (Å²) in [7, 11) is 0. The number of H-pyrrole nitrogens is 1. The van der Waals surface area contributed by atoms with E-state index in [1.54, 1.807) is 0 Å². The minimum Gasteiger partial charge on any atom is -0.351 e. The third-order valence-electron chi connectivity index (χ3n) is 4.05. The minimum absolute atomic E-state index is 0.192. The number of nitrogens with one attached hydrogen (secondary N) is 2. The lowest BCUT2D eigenvalue weighted by Crippen LogP contribution is -2.12. The number of hydrogen-bond acceptors (Lipinski definition) is 4. The third-order valence-corrected chi connectivity index (χ3v) is 4.05. The Hall–Kier alpha value is -3.48. The average molecular weight is 332 g/mol. The smallest absolute Gasteiger partial charge is 0.272 e. The van der Waals surface area contributed by atoms with Gasteiger partial charge < -0.3 is 10.3 Å². The Morgan fingerprint density at radius 3 is 2.84 bits per heavy atom. The van der Waals surface area contributed by atoms with Crippen LogP contribution in [-0.2, 0) is 0 Å². The molecular formula is C18H16N6O. The van der Waals surface area contributed by atoms with Crippen molar-refractivity contribution in [3.63, 3.8) is 0 Å². The van der Waals surface area contributed by atoms with E-state index in [9.17, 15) is 4.79 Å². The van der Waals surface area contributed by atoms with Crippen molar-refractivity contribution in [3.8, 4) is 5.69 Å². The van der Waals surface area contributed by atoms with Crippen molar-refractivity contribution in [3.05, 3.63) is 65.6 Å². The molecule has 0 saturated carbocycles. The summed E-state index contributed by atoms with van der Waals surface area (Å²) < 4.78 is 1.53. The van der Waals surface area contributed by atoms with E-state index >= 15 is 0 Å². The van der Waals surface area contributed by atoms with Crippen molar-refractivity contribution in [1.82, 2.24) is 25.2 Å². The second-order valence-electron chi connectivity index (χ2n) is 5.98. The first-order chi connectivity index (χ1) is 12.1. The van der Waals surface area contributed by atoms with Gasteiger partial charge >= 0.3 is 0 Å². The van der Waals surface area contributed by atoms with Crippen LogP contribution in [0.15, 0.2) is 48.8 Å². The zero-order chi connectivity index (χ0) is 17.4. The van der Waals surface area contributed by atoms with Crippen molar-refractivity contribution in [2.45, 2.75) is 13.8 Å². The summed E-state index contributed by atoms with van der Waals surface area (Å²) in [6, 6.07) is 13.4. The summed E-state index contributed by atoms with van der Waals surface area (Å²) >= 11 is 0. The molecule has 0 aliphatic carbocycles. The van der Waals surface area contributed by atoms with Gasteiger partial charge in [0.25, 0.3) is 5.91 Å². The number of fused-ring (bicyclic) bond motifs is 1. The highest BCUT2D eigenvalue weighted by Gasteiger charge is 2.12. The molecule has 0 spiro atoms. The van der Waals surface area contributed by atoms with Crippen molar-refractivity contribution in [2.75, 3.05) is 5.32 Å². The molecule has 0 aliphatic rings. The molecule has 2 aromatic heterocycles. The summed E-state index contributed by atoms with van der Waals surface area (Å²) in [4.78, 5) is 15.8. The number of aromatic nitrogens is 5. The summed E-state index contributed by atoms with van der Waals surface area (Å²) in [5.41, 5.74) is 5.23. The fraction of sp³-hybridized carbons (Fsp3) is 0.111. The van der Waals surface area contributed by atoms with Gasteiger partial charge in [0.15, 0.2) is 0 Å². The quantitative estimate of drug-likeness (QED) is 0.603. The Labute approximate surface area is 143 Å². The first kappa shape index (κ1) is 15.1. The molecule has 7 heteroatoms. The highest BCUT2D eigenvalue weighted by atomic mass is 16.1. The van der Waals surface area contributed by atoms with E-state index in [1.807, 2.05) is 50.2 Å². The maximum absolute atomic E-state index is 12.6. The molecule has 0 bridgehead atoms. The van der Waals surface area contributed by atoms with E-state index in [0.29, 0.717) is 11.4 Å². The number of amides is 1. The van der Waals surface area contributed by atoms with Crippen LogP contribution in [0.4, 0.5) is 5.69 Å².